The van der Waals surface area contributed by atoms with Crippen molar-refractivity contribution < 1.29 is 14.3 Å². The Balaban J connectivity index is 1.70. The molecule has 1 aromatic heterocycles. The average molecular weight is 398 g/mol. The van der Waals surface area contributed by atoms with Gasteiger partial charge in [0.25, 0.3) is 5.91 Å². The molecule has 7 heteroatoms. The Morgan fingerprint density at radius 3 is 2.61 bits per heavy atom. The molecule has 0 atom stereocenters. The van der Waals surface area contributed by atoms with Gasteiger partial charge in [0.05, 0.1) is 35.7 Å². The van der Waals surface area contributed by atoms with Crippen LogP contribution in [0.1, 0.15) is 22.1 Å². The average Bonchev–Trinajstić information content (AvgIpc) is 3.08. The maximum absolute atomic E-state index is 13.1. The molecule has 0 bridgehead atoms. The lowest BCUT2D eigenvalue weighted by Gasteiger charge is -2.30. The summed E-state index contributed by atoms with van der Waals surface area (Å²) < 4.78 is 6.89. The summed E-state index contributed by atoms with van der Waals surface area (Å²) in [5.41, 5.74) is 2.74. The van der Waals surface area contributed by atoms with Crippen LogP contribution >= 0.6 is 11.6 Å². The van der Waals surface area contributed by atoms with Gasteiger partial charge in [-0.1, -0.05) is 23.7 Å². The number of aromatic nitrogens is 1. The van der Waals surface area contributed by atoms with Crippen molar-refractivity contribution in [3.8, 4) is 0 Å². The van der Waals surface area contributed by atoms with Gasteiger partial charge in [0.15, 0.2) is 0 Å². The summed E-state index contributed by atoms with van der Waals surface area (Å²) in [5, 5.41) is 4.15. The molecule has 2 aromatic carbocycles. The van der Waals surface area contributed by atoms with Gasteiger partial charge in [-0.3, -0.25) is 14.2 Å². The summed E-state index contributed by atoms with van der Waals surface area (Å²) in [6.45, 7) is 4.32. The number of nitrogens with zero attached hydrogens (tertiary/aromatic N) is 2. The molecule has 1 aliphatic rings. The van der Waals surface area contributed by atoms with Crippen LogP contribution in [0.3, 0.4) is 0 Å². The molecule has 1 saturated heterocycles. The lowest BCUT2D eigenvalue weighted by Crippen LogP contribution is -2.36. The monoisotopic (exact) mass is 397 g/mol. The van der Waals surface area contributed by atoms with Crippen molar-refractivity contribution in [1.82, 2.24) is 4.57 Å². The smallest absolute Gasteiger partial charge is 0.257 e. The number of fused-ring (bicyclic) bond motifs is 1. The number of carbonyl (C=O) groups is 2. The molecule has 1 amide bonds. The van der Waals surface area contributed by atoms with Crippen LogP contribution in [0.2, 0.25) is 5.02 Å². The van der Waals surface area contributed by atoms with Gasteiger partial charge < -0.3 is 15.0 Å². The van der Waals surface area contributed by atoms with Gasteiger partial charge in [-0.25, -0.2) is 0 Å². The second kappa shape index (κ2) is 7.66. The normalized spacial score (nSPS) is 14.3. The maximum atomic E-state index is 13.1. The standard InChI is InChI=1S/C21H20ClN3O3/c1-14(26)25-13-17(16-12-15(22)6-7-19(16)25)21(27)23-18-4-2-3-5-20(18)24-8-10-28-11-9-24/h2-7,12-13H,8-11H2,1H3,(H,23,27). The van der Waals surface area contributed by atoms with E-state index in [9.17, 15) is 9.59 Å². The molecule has 2 heterocycles. The van der Waals surface area contributed by atoms with Crippen LogP contribution in [-0.2, 0) is 4.74 Å². The molecule has 1 aliphatic heterocycles. The summed E-state index contributed by atoms with van der Waals surface area (Å²) in [4.78, 5) is 27.3. The predicted octanol–water partition coefficient (Wildman–Crippen LogP) is 4.04. The van der Waals surface area contributed by atoms with Gasteiger partial charge in [-0.2, -0.15) is 0 Å². The number of anilines is 2. The van der Waals surface area contributed by atoms with E-state index in [1.165, 1.54) is 11.5 Å². The zero-order chi connectivity index (χ0) is 19.7. The van der Waals surface area contributed by atoms with E-state index < -0.39 is 0 Å². The number of para-hydroxylation sites is 2. The molecule has 6 nitrogen and oxygen atoms in total. The molecule has 1 N–H and O–H groups in total. The third-order valence-electron chi connectivity index (χ3n) is 4.85. The molecule has 0 saturated carbocycles. The summed E-state index contributed by atoms with van der Waals surface area (Å²) in [5.74, 6) is -0.451. The van der Waals surface area contributed by atoms with Crippen LogP contribution in [-0.4, -0.2) is 42.7 Å². The highest BCUT2D eigenvalue weighted by Gasteiger charge is 2.20. The first-order valence-corrected chi connectivity index (χ1v) is 9.47. The van der Waals surface area contributed by atoms with Gasteiger partial charge in [0.2, 0.25) is 5.91 Å². The topological polar surface area (TPSA) is 63.6 Å². The van der Waals surface area contributed by atoms with E-state index in [1.54, 1.807) is 24.4 Å². The minimum absolute atomic E-state index is 0.167. The van der Waals surface area contributed by atoms with Crippen molar-refractivity contribution in [3.05, 3.63) is 59.2 Å². The van der Waals surface area contributed by atoms with Crippen molar-refractivity contribution in [2.75, 3.05) is 36.5 Å². The SMILES string of the molecule is CC(=O)n1cc(C(=O)Nc2ccccc2N2CCOCC2)c2cc(Cl)ccc21. The first-order valence-electron chi connectivity index (χ1n) is 9.09. The van der Waals surface area contributed by atoms with E-state index in [2.05, 4.69) is 10.2 Å². The Morgan fingerprint density at radius 1 is 1.11 bits per heavy atom. The minimum Gasteiger partial charge on any atom is -0.378 e. The van der Waals surface area contributed by atoms with E-state index in [1.807, 2.05) is 24.3 Å². The Bertz CT molecular complexity index is 1050. The molecule has 4 rings (SSSR count). The fourth-order valence-corrected chi connectivity index (χ4v) is 3.66. The second-order valence-electron chi connectivity index (χ2n) is 6.66. The van der Waals surface area contributed by atoms with Crippen LogP contribution in [0.15, 0.2) is 48.7 Å². The highest BCUT2D eigenvalue weighted by molar-refractivity contribution is 6.31. The highest BCUT2D eigenvalue weighted by Crippen LogP contribution is 2.29. The third-order valence-corrected chi connectivity index (χ3v) is 5.09. The van der Waals surface area contributed by atoms with Gasteiger partial charge in [0, 0.05) is 36.6 Å². The Labute approximate surface area is 167 Å². The number of hydrogen-bond donors (Lipinski definition) is 1. The minimum atomic E-state index is -0.284. The van der Waals surface area contributed by atoms with Crippen LogP contribution < -0.4 is 10.2 Å². The number of halogens is 1. The molecule has 3 aromatic rings. The molecule has 28 heavy (non-hydrogen) atoms. The third kappa shape index (κ3) is 3.48. The van der Waals surface area contributed by atoms with Crippen molar-refractivity contribution in [3.63, 3.8) is 0 Å². The molecule has 0 unspecified atom stereocenters. The van der Waals surface area contributed by atoms with E-state index in [-0.39, 0.29) is 11.8 Å². The number of morpholine rings is 1. The number of rotatable bonds is 3. The molecule has 0 aliphatic carbocycles. The Hall–Kier alpha value is -2.83. The van der Waals surface area contributed by atoms with Crippen LogP contribution in [0, 0.1) is 0 Å². The summed E-state index contributed by atoms with van der Waals surface area (Å²) in [6.07, 6.45) is 1.57. The van der Waals surface area contributed by atoms with Gasteiger partial charge in [-0.15, -0.1) is 0 Å². The summed E-state index contributed by atoms with van der Waals surface area (Å²) >= 11 is 6.13. The van der Waals surface area contributed by atoms with Crippen molar-refractivity contribution >= 4 is 45.7 Å². The number of hydrogen-bond acceptors (Lipinski definition) is 4. The lowest BCUT2D eigenvalue weighted by atomic mass is 10.1. The molecule has 144 valence electrons. The quantitative estimate of drug-likeness (QED) is 0.724. The van der Waals surface area contributed by atoms with Crippen LogP contribution in [0.5, 0.6) is 0 Å². The molecular formula is C21H20ClN3O3. The van der Waals surface area contributed by atoms with Crippen molar-refractivity contribution in [1.29, 1.82) is 0 Å². The number of nitrogens with one attached hydrogen (secondary N) is 1. The van der Waals surface area contributed by atoms with E-state index >= 15 is 0 Å². The molecule has 1 fully saturated rings. The zero-order valence-electron chi connectivity index (χ0n) is 15.4. The van der Waals surface area contributed by atoms with Gasteiger partial charge in [-0.05, 0) is 30.3 Å². The highest BCUT2D eigenvalue weighted by atomic mass is 35.5. The zero-order valence-corrected chi connectivity index (χ0v) is 16.2. The van der Waals surface area contributed by atoms with Crippen molar-refractivity contribution in [2.45, 2.75) is 6.92 Å². The van der Waals surface area contributed by atoms with Crippen molar-refractivity contribution in [2.24, 2.45) is 0 Å². The largest absolute Gasteiger partial charge is 0.378 e. The Kier molecular flexibility index (Phi) is 5.07. The van der Waals surface area contributed by atoms with E-state index in [0.29, 0.717) is 34.7 Å². The Morgan fingerprint density at radius 2 is 1.86 bits per heavy atom. The van der Waals surface area contributed by atoms with Crippen LogP contribution in [0.25, 0.3) is 10.9 Å². The molecule has 0 radical (unpaired) electrons. The number of benzene rings is 2. The molecular weight excluding hydrogens is 378 g/mol. The predicted molar refractivity (Wildman–Crippen MR) is 111 cm³/mol. The second-order valence-corrected chi connectivity index (χ2v) is 7.10. The number of ether oxygens (including phenoxy) is 1. The molecule has 0 spiro atoms. The van der Waals surface area contributed by atoms with E-state index in [4.69, 9.17) is 16.3 Å². The van der Waals surface area contributed by atoms with Crippen LogP contribution in [0.4, 0.5) is 11.4 Å². The summed E-state index contributed by atoms with van der Waals surface area (Å²) in [6, 6.07) is 12.9. The fraction of sp³-hybridized carbons (Fsp3) is 0.238. The maximum Gasteiger partial charge on any atom is 0.257 e. The lowest BCUT2D eigenvalue weighted by molar-refractivity contribution is 0.0941. The fourth-order valence-electron chi connectivity index (χ4n) is 3.49. The first kappa shape index (κ1) is 18.5. The number of carbonyl (C=O) groups excluding carboxylic acids is 2. The van der Waals surface area contributed by atoms with Gasteiger partial charge in [0.1, 0.15) is 0 Å². The van der Waals surface area contributed by atoms with Gasteiger partial charge >= 0.3 is 0 Å². The first-order chi connectivity index (χ1) is 13.5. The number of amides is 1. The van der Waals surface area contributed by atoms with E-state index in [0.717, 1.165) is 24.5 Å². The summed E-state index contributed by atoms with van der Waals surface area (Å²) in [7, 11) is 0.